The van der Waals surface area contributed by atoms with Crippen molar-refractivity contribution in [1.82, 2.24) is 19.7 Å². The lowest BCUT2D eigenvalue weighted by Gasteiger charge is -2.04. The van der Waals surface area contributed by atoms with Crippen LogP contribution in [0, 0.1) is 0 Å². The normalized spacial score (nSPS) is 10.8. The predicted octanol–water partition coefficient (Wildman–Crippen LogP) is 3.75. The number of fused-ring (bicyclic) bond motifs is 1. The second kappa shape index (κ2) is 5.64. The Hall–Kier alpha value is -1.85. The predicted molar refractivity (Wildman–Crippen MR) is 82.6 cm³/mol. The highest BCUT2D eigenvalue weighted by molar-refractivity contribution is 7.99. The molecule has 4 nitrogen and oxygen atoms in total. The number of benzene rings is 1. The first-order valence-corrected chi connectivity index (χ1v) is 7.34. The minimum absolute atomic E-state index is 0.668. The minimum atomic E-state index is 0.668. The van der Waals surface area contributed by atoms with Crippen LogP contribution in [0.2, 0.25) is 5.02 Å². The summed E-state index contributed by atoms with van der Waals surface area (Å²) in [6.07, 6.45) is 5.18. The van der Waals surface area contributed by atoms with Crippen LogP contribution in [-0.4, -0.2) is 25.5 Å². The Labute approximate surface area is 125 Å². The quantitative estimate of drug-likeness (QED) is 0.418. The molecule has 1 aromatic carbocycles. The number of nitrogens with zero attached hydrogens (tertiary/aromatic N) is 4. The van der Waals surface area contributed by atoms with Gasteiger partial charge in [-0.2, -0.15) is 5.10 Å². The lowest BCUT2D eigenvalue weighted by Crippen LogP contribution is -1.97. The summed E-state index contributed by atoms with van der Waals surface area (Å²) in [5, 5.41) is 6.90. The number of hydrogen-bond acceptors (Lipinski definition) is 4. The molecule has 3 rings (SSSR count). The standard InChI is InChI=1S/C14H11ClN4S/c1-2-6-20-14-12-8-18-19(13(12)16-9-17-14)11-5-3-4-10(15)7-11/h2-5,7-9H,1,6H2. The van der Waals surface area contributed by atoms with Crippen molar-refractivity contribution in [2.24, 2.45) is 0 Å². The summed E-state index contributed by atoms with van der Waals surface area (Å²) in [6, 6.07) is 7.51. The lowest BCUT2D eigenvalue weighted by molar-refractivity contribution is 0.893. The van der Waals surface area contributed by atoms with Crippen molar-refractivity contribution in [2.75, 3.05) is 5.75 Å². The number of halogens is 1. The van der Waals surface area contributed by atoms with E-state index in [1.54, 1.807) is 29.0 Å². The van der Waals surface area contributed by atoms with Crippen molar-refractivity contribution in [2.45, 2.75) is 5.03 Å². The Morgan fingerprint density at radius 1 is 1.35 bits per heavy atom. The summed E-state index contributed by atoms with van der Waals surface area (Å²) < 4.78 is 1.76. The van der Waals surface area contributed by atoms with Gasteiger partial charge in [0.05, 0.1) is 17.3 Å². The summed E-state index contributed by atoms with van der Waals surface area (Å²) in [5.41, 5.74) is 1.65. The molecule has 0 amide bonds. The molecule has 0 atom stereocenters. The monoisotopic (exact) mass is 302 g/mol. The van der Waals surface area contributed by atoms with Crippen LogP contribution >= 0.6 is 23.4 Å². The third-order valence-electron chi connectivity index (χ3n) is 2.72. The highest BCUT2D eigenvalue weighted by Gasteiger charge is 2.11. The van der Waals surface area contributed by atoms with E-state index in [4.69, 9.17) is 11.6 Å². The summed E-state index contributed by atoms with van der Waals surface area (Å²) >= 11 is 7.64. The zero-order valence-corrected chi connectivity index (χ0v) is 12.1. The Bertz CT molecular complexity index is 769. The largest absolute Gasteiger partial charge is 0.229 e. The summed E-state index contributed by atoms with van der Waals surface area (Å²) in [7, 11) is 0. The lowest BCUT2D eigenvalue weighted by atomic mass is 10.3. The molecule has 0 fully saturated rings. The molecule has 0 bridgehead atoms. The molecule has 3 aromatic rings. The van der Waals surface area contributed by atoms with Crippen molar-refractivity contribution < 1.29 is 0 Å². The maximum Gasteiger partial charge on any atom is 0.167 e. The smallest absolute Gasteiger partial charge is 0.167 e. The van der Waals surface area contributed by atoms with E-state index in [1.807, 2.05) is 30.3 Å². The summed E-state index contributed by atoms with van der Waals surface area (Å²) in [4.78, 5) is 8.62. The second-order valence-corrected chi connectivity index (χ2v) is 5.50. The average molecular weight is 303 g/mol. The fourth-order valence-corrected chi connectivity index (χ4v) is 2.75. The van der Waals surface area contributed by atoms with Gasteiger partial charge in [-0.1, -0.05) is 23.7 Å². The molecule has 0 N–H and O–H groups in total. The van der Waals surface area contributed by atoms with Crippen LogP contribution in [0.5, 0.6) is 0 Å². The Morgan fingerprint density at radius 2 is 2.25 bits per heavy atom. The molecule has 0 spiro atoms. The molecule has 0 unspecified atom stereocenters. The van der Waals surface area contributed by atoms with Crippen LogP contribution in [0.1, 0.15) is 0 Å². The van der Waals surface area contributed by atoms with Crippen LogP contribution in [0.3, 0.4) is 0 Å². The van der Waals surface area contributed by atoms with Gasteiger partial charge in [0.1, 0.15) is 11.4 Å². The summed E-state index contributed by atoms with van der Waals surface area (Å²) in [5.74, 6) is 0.800. The number of aromatic nitrogens is 4. The van der Waals surface area contributed by atoms with Crippen molar-refractivity contribution in [1.29, 1.82) is 0 Å². The first-order chi connectivity index (χ1) is 9.79. The molecular formula is C14H11ClN4S. The molecule has 0 radical (unpaired) electrons. The van der Waals surface area contributed by atoms with E-state index in [-0.39, 0.29) is 0 Å². The molecule has 20 heavy (non-hydrogen) atoms. The fraction of sp³-hybridized carbons (Fsp3) is 0.0714. The van der Waals surface area contributed by atoms with E-state index in [2.05, 4.69) is 21.6 Å². The summed E-state index contributed by atoms with van der Waals surface area (Å²) in [6.45, 7) is 3.72. The molecule has 0 saturated carbocycles. The zero-order valence-electron chi connectivity index (χ0n) is 10.5. The van der Waals surface area contributed by atoms with E-state index in [0.29, 0.717) is 5.02 Å². The maximum atomic E-state index is 6.02. The van der Waals surface area contributed by atoms with Gasteiger partial charge >= 0.3 is 0 Å². The SMILES string of the molecule is C=CCSc1ncnc2c1cnn2-c1cccc(Cl)c1. The van der Waals surface area contributed by atoms with Gasteiger partial charge in [0.25, 0.3) is 0 Å². The fourth-order valence-electron chi connectivity index (χ4n) is 1.87. The Balaban J connectivity index is 2.12. The van der Waals surface area contributed by atoms with Gasteiger partial charge in [-0.05, 0) is 18.2 Å². The van der Waals surface area contributed by atoms with Gasteiger partial charge in [0.15, 0.2) is 5.65 Å². The molecule has 0 aliphatic rings. The van der Waals surface area contributed by atoms with Gasteiger partial charge < -0.3 is 0 Å². The topological polar surface area (TPSA) is 43.6 Å². The Morgan fingerprint density at radius 3 is 3.05 bits per heavy atom. The van der Waals surface area contributed by atoms with Gasteiger partial charge in [-0.15, -0.1) is 18.3 Å². The van der Waals surface area contributed by atoms with Crippen LogP contribution < -0.4 is 0 Å². The van der Waals surface area contributed by atoms with Crippen molar-refractivity contribution in [3.8, 4) is 5.69 Å². The zero-order chi connectivity index (χ0) is 13.9. The van der Waals surface area contributed by atoms with Gasteiger partial charge in [-0.25, -0.2) is 14.6 Å². The molecule has 6 heteroatoms. The van der Waals surface area contributed by atoms with E-state index < -0.39 is 0 Å². The van der Waals surface area contributed by atoms with Crippen LogP contribution in [0.25, 0.3) is 16.7 Å². The number of hydrogen-bond donors (Lipinski definition) is 0. The van der Waals surface area contributed by atoms with Crippen LogP contribution in [0.4, 0.5) is 0 Å². The van der Waals surface area contributed by atoms with E-state index >= 15 is 0 Å². The van der Waals surface area contributed by atoms with E-state index in [1.165, 1.54) is 0 Å². The highest BCUT2D eigenvalue weighted by atomic mass is 35.5. The minimum Gasteiger partial charge on any atom is -0.229 e. The van der Waals surface area contributed by atoms with Gasteiger partial charge in [0.2, 0.25) is 0 Å². The number of rotatable bonds is 4. The molecule has 0 saturated heterocycles. The Kier molecular flexibility index (Phi) is 3.71. The molecule has 100 valence electrons. The second-order valence-electron chi connectivity index (χ2n) is 4.05. The maximum absolute atomic E-state index is 6.02. The first-order valence-electron chi connectivity index (χ1n) is 5.98. The van der Waals surface area contributed by atoms with Gasteiger partial charge in [-0.3, -0.25) is 0 Å². The number of thioether (sulfide) groups is 1. The van der Waals surface area contributed by atoms with E-state index in [0.717, 1.165) is 27.5 Å². The van der Waals surface area contributed by atoms with Crippen molar-refractivity contribution in [3.63, 3.8) is 0 Å². The van der Waals surface area contributed by atoms with Crippen LogP contribution in [-0.2, 0) is 0 Å². The average Bonchev–Trinajstić information content (AvgIpc) is 2.89. The molecule has 2 heterocycles. The third-order valence-corrected chi connectivity index (χ3v) is 3.96. The van der Waals surface area contributed by atoms with Gasteiger partial charge in [0, 0.05) is 10.8 Å². The van der Waals surface area contributed by atoms with Crippen molar-refractivity contribution >= 4 is 34.4 Å². The molecule has 0 aliphatic carbocycles. The molecule has 2 aromatic heterocycles. The molecule has 0 aliphatic heterocycles. The van der Waals surface area contributed by atoms with E-state index in [9.17, 15) is 0 Å². The third kappa shape index (κ3) is 2.42. The van der Waals surface area contributed by atoms with Crippen molar-refractivity contribution in [3.05, 3.63) is 54.5 Å². The molecular weight excluding hydrogens is 292 g/mol. The highest BCUT2D eigenvalue weighted by Crippen LogP contribution is 2.26. The first kappa shape index (κ1) is 13.1. The van der Waals surface area contributed by atoms with Crippen LogP contribution in [0.15, 0.2) is 54.5 Å².